The number of nitrogens with one attached hydrogen (secondary N) is 4. The molecule has 4 amide bonds. The van der Waals surface area contributed by atoms with Crippen molar-refractivity contribution in [3.63, 3.8) is 0 Å². The van der Waals surface area contributed by atoms with Crippen LogP contribution < -0.4 is 30.9 Å². The number of aromatic nitrogens is 5. The number of methoxy groups -OCH3 is 1. The number of carbonyl (C=O) groups excluding carboxylic acids is 4. The predicted octanol–water partition coefficient (Wildman–Crippen LogP) is 5.93. The van der Waals surface area contributed by atoms with E-state index in [1.165, 1.54) is 12.0 Å². The van der Waals surface area contributed by atoms with Crippen molar-refractivity contribution >= 4 is 52.4 Å². The van der Waals surface area contributed by atoms with E-state index in [0.29, 0.717) is 55.1 Å². The highest BCUT2D eigenvalue weighted by Crippen LogP contribution is 2.45. The summed E-state index contributed by atoms with van der Waals surface area (Å²) >= 11 is 1.57. The van der Waals surface area contributed by atoms with Crippen LogP contribution in [0.25, 0.3) is 16.1 Å². The van der Waals surface area contributed by atoms with E-state index in [-0.39, 0.29) is 88.7 Å². The second-order valence-electron chi connectivity index (χ2n) is 21.1. The fourth-order valence-corrected chi connectivity index (χ4v) is 11.2. The Labute approximate surface area is 470 Å². The van der Waals surface area contributed by atoms with Gasteiger partial charge in [-0.25, -0.2) is 15.0 Å². The van der Waals surface area contributed by atoms with Crippen LogP contribution in [0, 0.1) is 23.7 Å². The van der Waals surface area contributed by atoms with Crippen LogP contribution in [-0.4, -0.2) is 155 Å². The summed E-state index contributed by atoms with van der Waals surface area (Å²) in [5.41, 5.74) is 7.08. The van der Waals surface area contributed by atoms with E-state index >= 15 is 0 Å². The lowest BCUT2D eigenvalue weighted by molar-refractivity contribution is -0.144. The van der Waals surface area contributed by atoms with Gasteiger partial charge in [0.05, 0.1) is 106 Å². The Morgan fingerprint density at radius 2 is 1.61 bits per heavy atom. The molecule has 0 radical (unpaired) electrons. The smallest absolute Gasteiger partial charge is 0.251 e. The van der Waals surface area contributed by atoms with Crippen molar-refractivity contribution in [3.8, 4) is 27.9 Å². The third kappa shape index (κ3) is 14.6. The second-order valence-corrected chi connectivity index (χ2v) is 21.9. The van der Waals surface area contributed by atoms with Gasteiger partial charge in [-0.2, -0.15) is 10.2 Å². The molecule has 2 fully saturated rings. The number of imidazole rings is 1. The van der Waals surface area contributed by atoms with E-state index in [0.717, 1.165) is 71.0 Å². The number of hydrogen-bond donors (Lipinski definition) is 5. The lowest BCUT2D eigenvalue weighted by Gasteiger charge is -2.41. The van der Waals surface area contributed by atoms with E-state index < -0.39 is 29.5 Å². The molecule has 2 aliphatic heterocycles. The SMILES string of the molecule is CC[C@@H]1c2c(C#N)ncn2-c2cnc(Nc3ccc(C(=O)NCCOCCOCCOCCOCCC(=O)N[C@H](C(=O)N4C[C@H](O)C[C@H]4C(=O)NCc4ccc(-c5scnc5C)cc4)C(C)(C)C)cc3OC)nc2N1C1CCCC1. The number of hydrogen-bond acceptors (Lipinski definition) is 18. The summed E-state index contributed by atoms with van der Waals surface area (Å²) in [6.07, 6.45) is 7.82. The Morgan fingerprint density at radius 3 is 2.26 bits per heavy atom. The zero-order valence-electron chi connectivity index (χ0n) is 46.5. The second kappa shape index (κ2) is 27.9. The number of β-amino-alcohol motifs (C(OH)–C–C–N with tert-alkyl or cyclic N) is 1. The zero-order valence-corrected chi connectivity index (χ0v) is 47.3. The van der Waals surface area contributed by atoms with Crippen molar-refractivity contribution in [1.82, 2.24) is 45.4 Å². The first-order valence-electron chi connectivity index (χ1n) is 27.4. The Hall–Kier alpha value is -7.07. The van der Waals surface area contributed by atoms with Crippen molar-refractivity contribution in [2.24, 2.45) is 5.41 Å². The molecule has 23 heteroatoms. The number of nitriles is 1. The highest BCUT2D eigenvalue weighted by atomic mass is 32.1. The summed E-state index contributed by atoms with van der Waals surface area (Å²) < 4.78 is 30.1. The lowest BCUT2D eigenvalue weighted by Crippen LogP contribution is -2.57. The van der Waals surface area contributed by atoms with Crippen LogP contribution in [0.1, 0.15) is 112 Å². The number of benzene rings is 2. The van der Waals surface area contributed by atoms with Gasteiger partial charge in [0.25, 0.3) is 5.91 Å². The molecular formula is C57H74N12O10S. The average molecular weight is 1120 g/mol. The van der Waals surface area contributed by atoms with Crippen molar-refractivity contribution in [1.29, 1.82) is 5.26 Å². The highest BCUT2D eigenvalue weighted by Gasteiger charge is 2.45. The summed E-state index contributed by atoms with van der Waals surface area (Å²) in [6, 6.07) is 13.6. The normalized spacial score (nSPS) is 17.4. The van der Waals surface area contributed by atoms with Gasteiger partial charge in [-0.3, -0.25) is 23.7 Å². The molecule has 1 saturated heterocycles. The Kier molecular flexibility index (Phi) is 20.6. The largest absolute Gasteiger partial charge is 0.495 e. The van der Waals surface area contributed by atoms with Crippen LogP contribution >= 0.6 is 11.3 Å². The number of carbonyl (C=O) groups is 4. The van der Waals surface area contributed by atoms with E-state index in [1.54, 1.807) is 42.1 Å². The van der Waals surface area contributed by atoms with Gasteiger partial charge in [-0.1, -0.05) is 64.8 Å². The number of aliphatic hydroxyl groups is 1. The summed E-state index contributed by atoms with van der Waals surface area (Å²) in [7, 11) is 1.54. The molecule has 428 valence electrons. The number of ether oxygens (including phenoxy) is 5. The quantitative estimate of drug-likeness (QED) is 0.0382. The number of thiazole rings is 1. The maximum atomic E-state index is 14.0. The maximum Gasteiger partial charge on any atom is 0.251 e. The van der Waals surface area contributed by atoms with Gasteiger partial charge >= 0.3 is 0 Å². The zero-order chi connectivity index (χ0) is 56.8. The molecule has 0 spiro atoms. The Balaban J connectivity index is 0.674. The van der Waals surface area contributed by atoms with E-state index in [1.807, 2.05) is 62.0 Å². The topological polar surface area (TPSA) is 270 Å². The van der Waals surface area contributed by atoms with Crippen molar-refractivity contribution < 1.29 is 48.0 Å². The summed E-state index contributed by atoms with van der Waals surface area (Å²) in [5.74, 6) is 0.132. The molecule has 1 saturated carbocycles. The predicted molar refractivity (Wildman–Crippen MR) is 300 cm³/mol. The third-order valence-electron chi connectivity index (χ3n) is 14.5. The Bertz CT molecular complexity index is 2950. The molecule has 5 heterocycles. The minimum absolute atomic E-state index is 0.00953. The molecule has 1 aliphatic carbocycles. The molecule has 5 N–H and O–H groups in total. The first-order chi connectivity index (χ1) is 38.7. The third-order valence-corrected chi connectivity index (χ3v) is 15.4. The van der Waals surface area contributed by atoms with Gasteiger partial charge in [0.2, 0.25) is 23.7 Å². The maximum absolute atomic E-state index is 14.0. The van der Waals surface area contributed by atoms with Crippen LogP contribution in [-0.2, 0) is 39.9 Å². The minimum atomic E-state index is -0.944. The van der Waals surface area contributed by atoms with Gasteiger partial charge in [-0.05, 0) is 60.9 Å². The number of anilines is 3. The van der Waals surface area contributed by atoms with Crippen LogP contribution in [0.15, 0.2) is 60.5 Å². The molecule has 22 nitrogen and oxygen atoms in total. The minimum Gasteiger partial charge on any atom is -0.495 e. The van der Waals surface area contributed by atoms with E-state index in [9.17, 15) is 29.5 Å². The van der Waals surface area contributed by atoms with Crippen LogP contribution in [0.3, 0.4) is 0 Å². The van der Waals surface area contributed by atoms with Gasteiger partial charge in [0, 0.05) is 44.1 Å². The number of aliphatic hydroxyl groups excluding tert-OH is 1. The van der Waals surface area contributed by atoms with Crippen molar-refractivity contribution in [3.05, 3.63) is 88.7 Å². The lowest BCUT2D eigenvalue weighted by atomic mass is 9.85. The number of aryl methyl sites for hydroxylation is 1. The molecule has 5 aromatic rings. The monoisotopic (exact) mass is 1120 g/mol. The van der Waals surface area contributed by atoms with Gasteiger partial charge in [0.15, 0.2) is 11.5 Å². The number of fused-ring (bicyclic) bond motifs is 3. The van der Waals surface area contributed by atoms with Crippen LogP contribution in [0.5, 0.6) is 5.75 Å². The molecule has 3 aromatic heterocycles. The first-order valence-corrected chi connectivity index (χ1v) is 28.3. The summed E-state index contributed by atoms with van der Waals surface area (Å²) in [4.78, 5) is 76.8. The number of nitrogens with zero attached hydrogens (tertiary/aromatic N) is 8. The van der Waals surface area contributed by atoms with Crippen LogP contribution in [0.4, 0.5) is 17.5 Å². The van der Waals surface area contributed by atoms with Crippen molar-refractivity contribution in [2.45, 2.75) is 116 Å². The Morgan fingerprint density at radius 1 is 0.912 bits per heavy atom. The molecule has 4 atom stereocenters. The van der Waals surface area contributed by atoms with E-state index in [4.69, 9.17) is 28.7 Å². The van der Waals surface area contributed by atoms with Crippen molar-refractivity contribution in [2.75, 3.05) is 83.3 Å². The molecular weight excluding hydrogens is 1040 g/mol. The summed E-state index contributed by atoms with van der Waals surface area (Å²) in [6.45, 7) is 12.4. The fourth-order valence-electron chi connectivity index (χ4n) is 10.4. The number of amides is 4. The standard InChI is InChI=1S/C57H74N12O10S/c1-7-44-49-43(30-58)62-34-68(49)46-32-61-56(66-52(46)69(44)40-10-8-9-11-40)64-42-17-16-39(28-47(42)75-6)53(72)59-19-21-77-23-25-79-27-26-78-24-22-76-20-18-48(71)65-51(57(3,4)5)55(74)67-33-41(70)29-45(67)54(73)60-31-37-12-14-38(15-13-37)50-36(2)63-35-80-50/h12-17,28,32,34-35,40-41,44-45,51,70H,7-11,18-27,29,31,33H2,1-6H3,(H,59,72)(H,60,73)(H,65,71)(H,61,64,66)/t41-,44-,45+,51-/m1/s1. The molecule has 0 bridgehead atoms. The molecule has 2 aromatic carbocycles. The summed E-state index contributed by atoms with van der Waals surface area (Å²) in [5, 5.41) is 32.4. The molecule has 3 aliphatic rings. The number of rotatable bonds is 27. The van der Waals surface area contributed by atoms with E-state index in [2.05, 4.69) is 54.1 Å². The number of likely N-dealkylation sites (tertiary alicyclic amines) is 1. The molecule has 80 heavy (non-hydrogen) atoms. The van der Waals surface area contributed by atoms with Gasteiger partial charge in [-0.15, -0.1) is 11.3 Å². The van der Waals surface area contributed by atoms with Crippen LogP contribution in [0.2, 0.25) is 0 Å². The molecule has 8 rings (SSSR count). The fraction of sp³-hybridized carbons (Fsp3) is 0.526. The van der Waals surface area contributed by atoms with Gasteiger partial charge < -0.3 is 59.9 Å². The first kappa shape index (κ1) is 59.1. The van der Waals surface area contributed by atoms with Gasteiger partial charge in [0.1, 0.15) is 35.9 Å². The highest BCUT2D eigenvalue weighted by molar-refractivity contribution is 7.13. The average Bonchev–Trinajstić information content (AvgIpc) is 4.46. The molecule has 0 unspecified atom stereocenters.